The summed E-state index contributed by atoms with van der Waals surface area (Å²) < 4.78 is 7.61. The largest absolute Gasteiger partial charge is 1.00 e. The van der Waals surface area contributed by atoms with Crippen LogP contribution in [0.5, 0.6) is 0 Å². The van der Waals surface area contributed by atoms with Gasteiger partial charge in [0.15, 0.2) is 0 Å². The Hall–Kier alpha value is -0.566. The van der Waals surface area contributed by atoms with Gasteiger partial charge in [0.25, 0.3) is 0 Å². The zero-order valence-electron chi connectivity index (χ0n) is 14.3. The number of fused-ring (bicyclic) bond motifs is 1. The van der Waals surface area contributed by atoms with E-state index in [-0.39, 0.29) is 30.2 Å². The number of benzene rings is 2. The van der Waals surface area contributed by atoms with E-state index in [1.54, 1.807) is 0 Å². The van der Waals surface area contributed by atoms with Gasteiger partial charge >= 0.3 is 142 Å². The maximum absolute atomic E-state index is 6.17. The summed E-state index contributed by atoms with van der Waals surface area (Å²) in [5, 5.41) is 2.68. The predicted octanol–water partition coefficient (Wildman–Crippen LogP) is -1.12. The maximum atomic E-state index is 6.17. The monoisotopic (exact) mass is 396 g/mol. The van der Waals surface area contributed by atoms with Crippen LogP contribution in [0.4, 0.5) is 0 Å². The zero-order chi connectivity index (χ0) is 15.6. The topological polar surface area (TPSA) is 9.23 Å². The normalized spacial score (nSPS) is 13.0. The maximum Gasteiger partial charge on any atom is -1.00 e. The molecule has 2 aromatic carbocycles. The molecule has 0 aliphatic heterocycles. The van der Waals surface area contributed by atoms with Crippen molar-refractivity contribution in [3.63, 3.8) is 0 Å². The molecular weight excluding hydrogens is 375 g/mol. The van der Waals surface area contributed by atoms with Crippen molar-refractivity contribution in [3.8, 4) is 0 Å². The Morgan fingerprint density at radius 1 is 1.04 bits per heavy atom. The second-order valence-electron chi connectivity index (χ2n) is 6.98. The van der Waals surface area contributed by atoms with Crippen LogP contribution < -0.4 is 28.7 Å². The first kappa shape index (κ1) is 21.5. The van der Waals surface area contributed by atoms with E-state index in [2.05, 4.69) is 75.4 Å². The third-order valence-corrected chi connectivity index (χ3v) is 5.34. The Morgan fingerprint density at radius 2 is 1.79 bits per heavy atom. The summed E-state index contributed by atoms with van der Waals surface area (Å²) in [7, 11) is 0. The molecule has 1 aliphatic rings. The second kappa shape index (κ2) is 9.22. The Morgan fingerprint density at radius 3 is 2.46 bits per heavy atom. The zero-order valence-corrected chi connectivity index (χ0v) is 17.3. The van der Waals surface area contributed by atoms with Crippen LogP contribution in [0.25, 0.3) is 16.3 Å². The summed E-state index contributed by atoms with van der Waals surface area (Å²) in [6.45, 7) is 7.51. The molecule has 0 aromatic heterocycles. The number of hydrogen-bond donors (Lipinski definition) is 0. The fourth-order valence-corrected chi connectivity index (χ4v) is 4.71. The summed E-state index contributed by atoms with van der Waals surface area (Å²) in [6, 6.07) is 13.2. The van der Waals surface area contributed by atoms with Crippen LogP contribution in [0, 0.1) is 5.41 Å². The number of allylic oxidation sites excluding steroid dienone is 4. The summed E-state index contributed by atoms with van der Waals surface area (Å²) in [5.74, 6) is 0. The van der Waals surface area contributed by atoms with Gasteiger partial charge in [-0.3, -0.25) is 0 Å². The SMILES string of the molecule is CC(C)(C)C[O][Ti+2][c]1c(C2=CC=CC2)ccc2ccccc12.[Cl-].[Cl-]. The van der Waals surface area contributed by atoms with Gasteiger partial charge in [0.05, 0.1) is 0 Å². The van der Waals surface area contributed by atoms with E-state index in [9.17, 15) is 0 Å². The Bertz CT molecular complexity index is 745. The van der Waals surface area contributed by atoms with Crippen LogP contribution in [0.2, 0.25) is 0 Å². The van der Waals surface area contributed by atoms with Gasteiger partial charge < -0.3 is 24.8 Å². The molecular formula is C20H22Cl2OTi. The molecule has 0 amide bonds. The van der Waals surface area contributed by atoms with Crippen LogP contribution >= 0.6 is 0 Å². The van der Waals surface area contributed by atoms with Crippen LogP contribution in [0.3, 0.4) is 0 Å². The van der Waals surface area contributed by atoms with E-state index in [4.69, 9.17) is 3.32 Å². The quantitative estimate of drug-likeness (QED) is 0.594. The molecule has 0 fully saturated rings. The molecule has 0 heterocycles. The smallest absolute Gasteiger partial charge is 1.00 e. The third-order valence-electron chi connectivity index (χ3n) is 3.73. The predicted molar refractivity (Wildman–Crippen MR) is 90.7 cm³/mol. The molecule has 0 saturated carbocycles. The Balaban J connectivity index is 0.00000144. The van der Waals surface area contributed by atoms with Gasteiger partial charge in [-0.25, -0.2) is 0 Å². The molecule has 0 atom stereocenters. The van der Waals surface area contributed by atoms with Crippen molar-refractivity contribution in [1.29, 1.82) is 0 Å². The van der Waals surface area contributed by atoms with Crippen molar-refractivity contribution in [1.82, 2.24) is 0 Å². The van der Waals surface area contributed by atoms with Gasteiger partial charge in [-0.15, -0.1) is 0 Å². The molecule has 0 saturated heterocycles. The molecule has 0 radical (unpaired) electrons. The number of rotatable bonds is 4. The minimum Gasteiger partial charge on any atom is -1.00 e. The fourth-order valence-electron chi connectivity index (χ4n) is 2.62. The minimum atomic E-state index is -0.603. The average Bonchev–Trinajstić information content (AvgIpc) is 3.00. The Labute approximate surface area is 166 Å². The molecule has 0 spiro atoms. The van der Waals surface area contributed by atoms with Gasteiger partial charge in [0.1, 0.15) is 0 Å². The van der Waals surface area contributed by atoms with Gasteiger partial charge in [0, 0.05) is 0 Å². The molecule has 2 aromatic rings. The molecule has 126 valence electrons. The average molecular weight is 397 g/mol. The third kappa shape index (κ3) is 5.21. The molecule has 3 rings (SSSR count). The first-order chi connectivity index (χ1) is 10.5. The summed E-state index contributed by atoms with van der Waals surface area (Å²) in [6.07, 6.45) is 7.66. The van der Waals surface area contributed by atoms with E-state index in [0.717, 1.165) is 13.0 Å². The van der Waals surface area contributed by atoms with Crippen LogP contribution in [0.15, 0.2) is 54.6 Å². The van der Waals surface area contributed by atoms with Gasteiger partial charge in [-0.2, -0.15) is 0 Å². The Kier molecular flexibility index (Phi) is 8.25. The van der Waals surface area contributed by atoms with E-state index >= 15 is 0 Å². The van der Waals surface area contributed by atoms with E-state index in [1.807, 2.05) is 0 Å². The minimum absolute atomic E-state index is 0. The van der Waals surface area contributed by atoms with Crippen molar-refractivity contribution < 1.29 is 47.7 Å². The standard InChI is InChI=1S/C15H11.C5H11O.2ClH.Ti/c1-2-6-12(5-1)15-10-9-13-7-3-4-8-14(13)11-15;1-5(2,3)4-6;;;/h1-5,7-10H,6H2;4H2,1-3H3;2*1H;/q;-1;;;+3/p-2. The van der Waals surface area contributed by atoms with Crippen molar-refractivity contribution in [3.05, 3.63) is 60.2 Å². The molecule has 1 nitrogen and oxygen atoms in total. The van der Waals surface area contributed by atoms with Gasteiger partial charge in [-0.1, -0.05) is 0 Å². The molecule has 4 heteroatoms. The van der Waals surface area contributed by atoms with Crippen LogP contribution in [-0.4, -0.2) is 6.61 Å². The van der Waals surface area contributed by atoms with E-state index in [1.165, 1.54) is 25.8 Å². The molecule has 0 N–H and O–H groups in total. The van der Waals surface area contributed by atoms with Gasteiger partial charge in [0.2, 0.25) is 0 Å². The molecule has 1 aliphatic carbocycles. The first-order valence-corrected chi connectivity index (χ1v) is 9.22. The first-order valence-electron chi connectivity index (χ1n) is 7.80. The van der Waals surface area contributed by atoms with Crippen molar-refractivity contribution >= 4 is 20.2 Å². The molecule has 24 heavy (non-hydrogen) atoms. The van der Waals surface area contributed by atoms with Crippen LogP contribution in [-0.2, 0) is 22.9 Å². The summed E-state index contributed by atoms with van der Waals surface area (Å²) in [4.78, 5) is 0. The van der Waals surface area contributed by atoms with Crippen LogP contribution in [0.1, 0.15) is 32.8 Å². The molecule has 0 bridgehead atoms. The number of halogens is 2. The fraction of sp³-hybridized carbons (Fsp3) is 0.300. The van der Waals surface area contributed by atoms with Crippen molar-refractivity contribution in [2.75, 3.05) is 6.61 Å². The second-order valence-corrected chi connectivity index (χ2v) is 8.54. The van der Waals surface area contributed by atoms with Crippen molar-refractivity contribution in [2.24, 2.45) is 5.41 Å². The van der Waals surface area contributed by atoms with E-state index < -0.39 is 19.5 Å². The molecule has 0 unspecified atom stereocenters. The van der Waals surface area contributed by atoms with Gasteiger partial charge in [-0.05, 0) is 0 Å². The summed E-state index contributed by atoms with van der Waals surface area (Å²) in [5.41, 5.74) is 3.03. The van der Waals surface area contributed by atoms with E-state index in [0.29, 0.717) is 0 Å². The number of hydrogen-bond acceptors (Lipinski definition) is 1. The van der Waals surface area contributed by atoms with Crippen molar-refractivity contribution in [2.45, 2.75) is 27.2 Å². The summed E-state index contributed by atoms with van der Waals surface area (Å²) >= 11 is -0.603.